The van der Waals surface area contributed by atoms with E-state index in [9.17, 15) is 8.42 Å². The second-order valence-corrected chi connectivity index (χ2v) is 7.54. The minimum Gasteiger partial charge on any atom is -0.317 e. The molecule has 0 aliphatic rings. The molecule has 18 heavy (non-hydrogen) atoms. The van der Waals surface area contributed by atoms with Crippen LogP contribution in [-0.4, -0.2) is 45.3 Å². The van der Waals surface area contributed by atoms with Gasteiger partial charge in [0.1, 0.15) is 0 Å². The highest BCUT2D eigenvalue weighted by Crippen LogP contribution is 2.00. The largest absolute Gasteiger partial charge is 0.317 e. The van der Waals surface area contributed by atoms with E-state index in [1.165, 1.54) is 0 Å². The Morgan fingerprint density at radius 3 is 2.44 bits per heavy atom. The predicted octanol–water partition coefficient (Wildman–Crippen LogP) is 1.83. The third kappa shape index (κ3) is 12.7. The first-order valence-corrected chi connectivity index (χ1v) is 9.69. The first-order valence-electron chi connectivity index (χ1n) is 6.88. The molecule has 0 atom stereocenters. The van der Waals surface area contributed by atoms with Gasteiger partial charge in [0.2, 0.25) is 10.0 Å². The van der Waals surface area contributed by atoms with Crippen LogP contribution in [0.25, 0.3) is 0 Å². The minimum atomic E-state index is -3.05. The molecular weight excluding hydrogens is 268 g/mol. The van der Waals surface area contributed by atoms with Crippen LogP contribution in [0.15, 0.2) is 0 Å². The minimum absolute atomic E-state index is 0.252. The van der Waals surface area contributed by atoms with Gasteiger partial charge in [0, 0.05) is 6.54 Å². The molecule has 0 aliphatic heterocycles. The van der Waals surface area contributed by atoms with Gasteiger partial charge < -0.3 is 5.32 Å². The average Bonchev–Trinajstić information content (AvgIpc) is 2.33. The fourth-order valence-electron chi connectivity index (χ4n) is 1.46. The van der Waals surface area contributed by atoms with Crippen molar-refractivity contribution in [3.05, 3.63) is 0 Å². The maximum absolute atomic E-state index is 11.6. The molecule has 0 heterocycles. The van der Waals surface area contributed by atoms with Crippen LogP contribution < -0.4 is 10.0 Å². The van der Waals surface area contributed by atoms with Gasteiger partial charge in [-0.05, 0) is 50.3 Å². The fourth-order valence-corrected chi connectivity index (χ4v) is 3.28. The Balaban J connectivity index is 3.43. The Morgan fingerprint density at radius 2 is 1.78 bits per heavy atom. The summed E-state index contributed by atoms with van der Waals surface area (Å²) in [4.78, 5) is 0. The molecule has 6 heteroatoms. The summed E-state index contributed by atoms with van der Waals surface area (Å²) in [6.07, 6.45) is 3.69. The Labute approximate surface area is 117 Å². The second kappa shape index (κ2) is 12.3. The molecule has 0 saturated carbocycles. The van der Waals surface area contributed by atoms with Gasteiger partial charge in [0.15, 0.2) is 0 Å². The van der Waals surface area contributed by atoms with Crippen molar-refractivity contribution >= 4 is 21.8 Å². The standard InChI is InChI=1S/C12H28N2O2S2/c1-3-8-13-9-5-6-12-18(15,16)14-10-7-11-17-4-2/h13-14H,3-12H2,1-2H3. The zero-order valence-corrected chi connectivity index (χ0v) is 13.3. The van der Waals surface area contributed by atoms with Crippen LogP contribution in [0.3, 0.4) is 0 Å². The van der Waals surface area contributed by atoms with E-state index in [0.717, 1.165) is 50.3 Å². The number of hydrogen-bond acceptors (Lipinski definition) is 4. The number of sulfonamides is 1. The lowest BCUT2D eigenvalue weighted by atomic mass is 10.3. The molecular formula is C12H28N2O2S2. The van der Waals surface area contributed by atoms with Crippen LogP contribution in [0.5, 0.6) is 0 Å². The SMILES string of the molecule is CCCNCCCCS(=O)(=O)NCCCSCC. The molecule has 0 unspecified atom stereocenters. The number of hydrogen-bond donors (Lipinski definition) is 2. The van der Waals surface area contributed by atoms with Crippen molar-refractivity contribution in [1.29, 1.82) is 0 Å². The van der Waals surface area contributed by atoms with Crippen LogP contribution in [0.4, 0.5) is 0 Å². The molecule has 0 aromatic rings. The van der Waals surface area contributed by atoms with Crippen LogP contribution >= 0.6 is 11.8 Å². The number of nitrogens with one attached hydrogen (secondary N) is 2. The molecule has 0 saturated heterocycles. The summed E-state index contributed by atoms with van der Waals surface area (Å²) in [7, 11) is -3.05. The van der Waals surface area contributed by atoms with E-state index in [0.29, 0.717) is 6.54 Å². The predicted molar refractivity (Wildman–Crippen MR) is 81.8 cm³/mol. The Kier molecular flexibility index (Phi) is 12.4. The molecule has 0 amide bonds. The van der Waals surface area contributed by atoms with E-state index in [4.69, 9.17) is 0 Å². The molecule has 0 spiro atoms. The van der Waals surface area contributed by atoms with Gasteiger partial charge in [-0.1, -0.05) is 13.8 Å². The summed E-state index contributed by atoms with van der Waals surface area (Å²) in [5.74, 6) is 2.37. The van der Waals surface area contributed by atoms with Crippen LogP contribution in [0.1, 0.15) is 39.5 Å². The lowest BCUT2D eigenvalue weighted by Gasteiger charge is -2.07. The Hall–Kier alpha value is 0.220. The van der Waals surface area contributed by atoms with Crippen molar-refractivity contribution in [1.82, 2.24) is 10.0 Å². The third-order valence-corrected chi connectivity index (χ3v) is 4.89. The van der Waals surface area contributed by atoms with Gasteiger partial charge in [0.25, 0.3) is 0 Å². The molecule has 0 aromatic heterocycles. The van der Waals surface area contributed by atoms with E-state index in [1.807, 2.05) is 11.8 Å². The van der Waals surface area contributed by atoms with Gasteiger partial charge in [-0.15, -0.1) is 0 Å². The summed E-state index contributed by atoms with van der Waals surface area (Å²) in [5, 5.41) is 3.27. The van der Waals surface area contributed by atoms with Gasteiger partial charge in [0.05, 0.1) is 5.75 Å². The number of rotatable bonds is 13. The van der Waals surface area contributed by atoms with Gasteiger partial charge >= 0.3 is 0 Å². The third-order valence-electron chi connectivity index (χ3n) is 2.43. The molecule has 0 aliphatic carbocycles. The van der Waals surface area contributed by atoms with Crippen molar-refractivity contribution in [3.63, 3.8) is 0 Å². The highest BCUT2D eigenvalue weighted by atomic mass is 32.2. The van der Waals surface area contributed by atoms with E-state index in [2.05, 4.69) is 23.9 Å². The van der Waals surface area contributed by atoms with E-state index >= 15 is 0 Å². The monoisotopic (exact) mass is 296 g/mol. The lowest BCUT2D eigenvalue weighted by Crippen LogP contribution is -2.28. The molecule has 2 N–H and O–H groups in total. The molecule has 0 radical (unpaired) electrons. The summed E-state index contributed by atoms with van der Waals surface area (Å²) in [6.45, 7) is 6.74. The number of thioether (sulfide) groups is 1. The van der Waals surface area contributed by atoms with Crippen molar-refractivity contribution in [2.75, 3.05) is 36.9 Å². The zero-order chi connectivity index (χ0) is 13.7. The van der Waals surface area contributed by atoms with E-state index in [1.54, 1.807) is 0 Å². The van der Waals surface area contributed by atoms with E-state index in [-0.39, 0.29) is 5.75 Å². The Morgan fingerprint density at radius 1 is 1.00 bits per heavy atom. The van der Waals surface area contributed by atoms with Gasteiger partial charge in [-0.25, -0.2) is 13.1 Å². The topological polar surface area (TPSA) is 58.2 Å². The molecule has 110 valence electrons. The van der Waals surface area contributed by atoms with Crippen LogP contribution in [0, 0.1) is 0 Å². The van der Waals surface area contributed by atoms with Crippen molar-refractivity contribution < 1.29 is 8.42 Å². The first kappa shape index (κ1) is 18.2. The molecule has 0 bridgehead atoms. The highest BCUT2D eigenvalue weighted by molar-refractivity contribution is 7.99. The van der Waals surface area contributed by atoms with Crippen LogP contribution in [0.2, 0.25) is 0 Å². The smallest absolute Gasteiger partial charge is 0.211 e. The molecule has 0 rings (SSSR count). The van der Waals surface area contributed by atoms with E-state index < -0.39 is 10.0 Å². The van der Waals surface area contributed by atoms with Crippen molar-refractivity contribution in [2.45, 2.75) is 39.5 Å². The summed E-state index contributed by atoms with van der Waals surface area (Å²) in [5.41, 5.74) is 0. The van der Waals surface area contributed by atoms with Crippen LogP contribution in [-0.2, 0) is 10.0 Å². The van der Waals surface area contributed by atoms with Gasteiger partial charge in [-0.2, -0.15) is 11.8 Å². The normalized spacial score (nSPS) is 11.9. The first-order chi connectivity index (χ1) is 8.62. The molecule has 0 aromatic carbocycles. The highest BCUT2D eigenvalue weighted by Gasteiger charge is 2.08. The maximum Gasteiger partial charge on any atom is 0.211 e. The number of unbranched alkanes of at least 4 members (excludes halogenated alkanes) is 1. The fraction of sp³-hybridized carbons (Fsp3) is 1.00. The lowest BCUT2D eigenvalue weighted by molar-refractivity contribution is 0.572. The zero-order valence-electron chi connectivity index (χ0n) is 11.7. The Bertz CT molecular complexity index is 269. The molecule has 4 nitrogen and oxygen atoms in total. The second-order valence-electron chi connectivity index (χ2n) is 4.22. The van der Waals surface area contributed by atoms with Crippen molar-refractivity contribution in [2.24, 2.45) is 0 Å². The van der Waals surface area contributed by atoms with Crippen molar-refractivity contribution in [3.8, 4) is 0 Å². The van der Waals surface area contributed by atoms with Gasteiger partial charge in [-0.3, -0.25) is 0 Å². The summed E-state index contributed by atoms with van der Waals surface area (Å²) < 4.78 is 25.9. The maximum atomic E-state index is 11.6. The molecule has 0 fully saturated rings. The summed E-state index contributed by atoms with van der Waals surface area (Å²) >= 11 is 1.84. The summed E-state index contributed by atoms with van der Waals surface area (Å²) in [6, 6.07) is 0. The average molecular weight is 297 g/mol. The quantitative estimate of drug-likeness (QED) is 0.509.